The highest BCUT2D eigenvalue weighted by Crippen LogP contribution is 2.30. The van der Waals surface area contributed by atoms with Crippen molar-refractivity contribution >= 4 is 23.1 Å². The van der Waals surface area contributed by atoms with E-state index in [1.165, 1.54) is 11.9 Å². The quantitative estimate of drug-likeness (QED) is 0.907. The van der Waals surface area contributed by atoms with Crippen molar-refractivity contribution in [3.8, 4) is 5.75 Å². The van der Waals surface area contributed by atoms with Gasteiger partial charge in [-0.1, -0.05) is 17.7 Å². The lowest BCUT2D eigenvalue weighted by atomic mass is 10.1. The van der Waals surface area contributed by atoms with E-state index in [0.29, 0.717) is 17.6 Å². The first-order chi connectivity index (χ1) is 9.74. The van der Waals surface area contributed by atoms with Gasteiger partial charge in [-0.2, -0.15) is 0 Å². The summed E-state index contributed by atoms with van der Waals surface area (Å²) in [4.78, 5) is 8.18. The van der Waals surface area contributed by atoms with E-state index in [4.69, 9.17) is 16.3 Å². The van der Waals surface area contributed by atoms with Crippen LogP contribution in [-0.2, 0) is 6.42 Å². The van der Waals surface area contributed by atoms with Crippen molar-refractivity contribution in [2.75, 3.05) is 23.9 Å². The molecule has 0 fully saturated rings. The van der Waals surface area contributed by atoms with Gasteiger partial charge in [0.15, 0.2) is 6.73 Å². The fourth-order valence-corrected chi connectivity index (χ4v) is 2.25. The third-order valence-electron chi connectivity index (χ3n) is 3.21. The average molecular weight is 291 g/mol. The predicted molar refractivity (Wildman–Crippen MR) is 79.5 cm³/mol. The Labute approximate surface area is 122 Å². The SMILES string of the molecule is Cc1ncnc(NCCc2ccc3c(c2)OCN3)c1Cl. The second-order valence-corrected chi connectivity index (χ2v) is 4.97. The summed E-state index contributed by atoms with van der Waals surface area (Å²) in [7, 11) is 0. The van der Waals surface area contributed by atoms with Crippen molar-refractivity contribution in [3.63, 3.8) is 0 Å². The highest BCUT2D eigenvalue weighted by Gasteiger charge is 2.11. The maximum Gasteiger partial charge on any atom is 0.159 e. The zero-order valence-electron chi connectivity index (χ0n) is 11.1. The summed E-state index contributed by atoms with van der Waals surface area (Å²) in [5, 5.41) is 6.96. The Morgan fingerprint density at radius 2 is 2.30 bits per heavy atom. The van der Waals surface area contributed by atoms with Gasteiger partial charge in [0.1, 0.15) is 22.9 Å². The molecule has 2 aromatic rings. The van der Waals surface area contributed by atoms with E-state index in [1.807, 2.05) is 13.0 Å². The number of nitrogens with one attached hydrogen (secondary N) is 2. The van der Waals surface area contributed by atoms with Gasteiger partial charge in [0, 0.05) is 6.54 Å². The molecule has 6 heteroatoms. The minimum absolute atomic E-state index is 0.548. The topological polar surface area (TPSA) is 59.1 Å². The van der Waals surface area contributed by atoms with Gasteiger partial charge in [0.05, 0.1) is 11.4 Å². The molecule has 0 unspecified atom stereocenters. The van der Waals surface area contributed by atoms with Crippen LogP contribution in [-0.4, -0.2) is 23.2 Å². The summed E-state index contributed by atoms with van der Waals surface area (Å²) in [6.45, 7) is 3.16. The number of hydrogen-bond acceptors (Lipinski definition) is 5. The van der Waals surface area contributed by atoms with E-state index in [1.54, 1.807) is 0 Å². The third-order valence-corrected chi connectivity index (χ3v) is 3.66. The first-order valence-corrected chi connectivity index (χ1v) is 6.82. The van der Waals surface area contributed by atoms with Gasteiger partial charge in [-0.15, -0.1) is 0 Å². The molecule has 2 N–H and O–H groups in total. The van der Waals surface area contributed by atoms with E-state index in [0.717, 1.165) is 30.1 Å². The van der Waals surface area contributed by atoms with E-state index >= 15 is 0 Å². The maximum absolute atomic E-state index is 6.14. The molecule has 0 spiro atoms. The number of fused-ring (bicyclic) bond motifs is 1. The zero-order valence-corrected chi connectivity index (χ0v) is 11.9. The molecular formula is C14H15ClN4O. The highest BCUT2D eigenvalue weighted by atomic mass is 35.5. The van der Waals surface area contributed by atoms with Crippen LogP contribution >= 0.6 is 11.6 Å². The number of halogens is 1. The molecule has 0 bridgehead atoms. The Balaban J connectivity index is 1.61. The summed E-state index contributed by atoms with van der Waals surface area (Å²) in [6.07, 6.45) is 2.38. The molecular weight excluding hydrogens is 276 g/mol. The molecule has 0 aliphatic carbocycles. The molecule has 1 aliphatic rings. The molecule has 1 aromatic carbocycles. The highest BCUT2D eigenvalue weighted by molar-refractivity contribution is 6.33. The van der Waals surface area contributed by atoms with Crippen LogP contribution < -0.4 is 15.4 Å². The van der Waals surface area contributed by atoms with Gasteiger partial charge in [-0.05, 0) is 31.0 Å². The molecule has 0 saturated heterocycles. The number of nitrogens with zero attached hydrogens (tertiary/aromatic N) is 2. The molecule has 0 saturated carbocycles. The number of aryl methyl sites for hydroxylation is 1. The van der Waals surface area contributed by atoms with Crippen molar-refractivity contribution in [2.45, 2.75) is 13.3 Å². The van der Waals surface area contributed by atoms with Crippen LogP contribution in [0.4, 0.5) is 11.5 Å². The first kappa shape index (κ1) is 13.0. The summed E-state index contributed by atoms with van der Waals surface area (Å²) < 4.78 is 5.47. The molecule has 20 heavy (non-hydrogen) atoms. The van der Waals surface area contributed by atoms with Crippen molar-refractivity contribution in [2.24, 2.45) is 0 Å². The molecule has 104 valence electrons. The smallest absolute Gasteiger partial charge is 0.159 e. The van der Waals surface area contributed by atoms with Crippen molar-refractivity contribution in [1.29, 1.82) is 0 Å². The van der Waals surface area contributed by atoms with Crippen molar-refractivity contribution in [3.05, 3.63) is 40.8 Å². The van der Waals surface area contributed by atoms with Crippen LogP contribution in [0.1, 0.15) is 11.3 Å². The summed E-state index contributed by atoms with van der Waals surface area (Å²) in [5.41, 5.74) is 3.04. The number of rotatable bonds is 4. The average Bonchev–Trinajstić information content (AvgIpc) is 2.91. The van der Waals surface area contributed by atoms with Gasteiger partial charge in [-0.3, -0.25) is 0 Å². The molecule has 0 atom stereocenters. The minimum atomic E-state index is 0.548. The van der Waals surface area contributed by atoms with Crippen LogP contribution in [0.5, 0.6) is 5.75 Å². The van der Waals surface area contributed by atoms with Gasteiger partial charge in [0.25, 0.3) is 0 Å². The summed E-state index contributed by atoms with van der Waals surface area (Å²) >= 11 is 6.14. The van der Waals surface area contributed by atoms with E-state index in [-0.39, 0.29) is 0 Å². The second kappa shape index (κ2) is 5.54. The largest absolute Gasteiger partial charge is 0.471 e. The fraction of sp³-hybridized carbons (Fsp3) is 0.286. The summed E-state index contributed by atoms with van der Waals surface area (Å²) in [5.74, 6) is 1.59. The lowest BCUT2D eigenvalue weighted by molar-refractivity contribution is 0.372. The van der Waals surface area contributed by atoms with Gasteiger partial charge < -0.3 is 15.4 Å². The molecule has 2 heterocycles. The van der Waals surface area contributed by atoms with Crippen LogP contribution in [0.15, 0.2) is 24.5 Å². The van der Waals surface area contributed by atoms with E-state index in [9.17, 15) is 0 Å². The molecule has 0 radical (unpaired) electrons. The Kier molecular flexibility index (Phi) is 3.60. The molecule has 1 aromatic heterocycles. The second-order valence-electron chi connectivity index (χ2n) is 4.59. The van der Waals surface area contributed by atoms with E-state index < -0.39 is 0 Å². The van der Waals surface area contributed by atoms with Crippen molar-refractivity contribution < 1.29 is 4.74 Å². The minimum Gasteiger partial charge on any atom is -0.471 e. The monoisotopic (exact) mass is 290 g/mol. The zero-order chi connectivity index (χ0) is 13.9. The predicted octanol–water partition coefficient (Wildman–Crippen LogP) is 2.85. The standard InChI is InChI=1S/C14H15ClN4O/c1-9-13(15)14(18-7-17-9)16-5-4-10-2-3-11-12(6-10)20-8-19-11/h2-3,6-7,19H,4-5,8H2,1H3,(H,16,17,18). The fourth-order valence-electron chi connectivity index (χ4n) is 2.09. The maximum atomic E-state index is 6.14. The number of hydrogen-bond donors (Lipinski definition) is 2. The van der Waals surface area contributed by atoms with Crippen LogP contribution in [0.3, 0.4) is 0 Å². The Bertz CT molecular complexity index is 633. The van der Waals surface area contributed by atoms with Crippen LogP contribution in [0.25, 0.3) is 0 Å². The lowest BCUT2D eigenvalue weighted by Crippen LogP contribution is -2.07. The summed E-state index contributed by atoms with van der Waals surface area (Å²) in [6, 6.07) is 6.19. The number of aromatic nitrogens is 2. The Morgan fingerprint density at radius 1 is 1.40 bits per heavy atom. The van der Waals surface area contributed by atoms with Gasteiger partial charge in [0.2, 0.25) is 0 Å². The van der Waals surface area contributed by atoms with E-state index in [2.05, 4.69) is 32.7 Å². The molecule has 3 rings (SSSR count). The van der Waals surface area contributed by atoms with Crippen LogP contribution in [0.2, 0.25) is 5.02 Å². The van der Waals surface area contributed by atoms with Crippen molar-refractivity contribution in [1.82, 2.24) is 9.97 Å². The Hall–Kier alpha value is -2.01. The normalized spacial score (nSPS) is 12.5. The first-order valence-electron chi connectivity index (χ1n) is 6.44. The van der Waals surface area contributed by atoms with Gasteiger partial charge in [-0.25, -0.2) is 9.97 Å². The molecule has 1 aliphatic heterocycles. The van der Waals surface area contributed by atoms with Crippen LogP contribution in [0, 0.1) is 6.92 Å². The lowest BCUT2D eigenvalue weighted by Gasteiger charge is -2.08. The molecule has 5 nitrogen and oxygen atoms in total. The molecule has 0 amide bonds. The number of anilines is 2. The Morgan fingerprint density at radius 3 is 3.20 bits per heavy atom. The van der Waals surface area contributed by atoms with Gasteiger partial charge >= 0.3 is 0 Å². The number of ether oxygens (including phenoxy) is 1. The third kappa shape index (κ3) is 2.63. The number of benzene rings is 1.